The number of rotatable bonds is 34. The third-order valence-corrected chi connectivity index (χ3v) is 6.59. The van der Waals surface area contributed by atoms with Gasteiger partial charge in [0.25, 0.3) is 0 Å². The zero-order chi connectivity index (χ0) is 37.2. The molecule has 0 saturated carbocycles. The van der Waals surface area contributed by atoms with Crippen molar-refractivity contribution in [3.8, 4) is 0 Å². The summed E-state index contributed by atoms with van der Waals surface area (Å²) >= 11 is 0. The van der Waals surface area contributed by atoms with E-state index in [1.165, 1.54) is 30.4 Å². The molecule has 0 rings (SSSR count). The fourth-order valence-electron chi connectivity index (χ4n) is 4.00. The molecule has 0 aliphatic rings. The molecular formula is C35H57N5O10. The second-order valence-corrected chi connectivity index (χ2v) is 10.5. The van der Waals surface area contributed by atoms with E-state index in [1.54, 1.807) is 0 Å². The van der Waals surface area contributed by atoms with Crippen LogP contribution in [-0.2, 0) is 47.7 Å². The van der Waals surface area contributed by atoms with Crippen LogP contribution >= 0.6 is 0 Å². The minimum Gasteiger partial charge on any atom is -0.379 e. The summed E-state index contributed by atoms with van der Waals surface area (Å²) in [5.41, 5.74) is 0. The molecule has 15 nitrogen and oxygen atoms in total. The first-order valence-electron chi connectivity index (χ1n) is 16.7. The zero-order valence-corrected chi connectivity index (χ0v) is 29.3. The summed E-state index contributed by atoms with van der Waals surface area (Å²) in [5, 5.41) is 13.5. The monoisotopic (exact) mass is 707 g/mol. The molecule has 0 unspecified atom stereocenters. The third-order valence-electron chi connectivity index (χ3n) is 6.59. The van der Waals surface area contributed by atoms with E-state index >= 15 is 0 Å². The Balaban J connectivity index is 5.88. The molecule has 0 saturated heterocycles. The minimum absolute atomic E-state index is 0.106. The van der Waals surface area contributed by atoms with Crippen molar-refractivity contribution in [3.63, 3.8) is 0 Å². The highest BCUT2D eigenvalue weighted by Crippen LogP contribution is 2.16. The molecule has 0 aliphatic carbocycles. The van der Waals surface area contributed by atoms with Crippen molar-refractivity contribution in [2.75, 3.05) is 79.0 Å². The van der Waals surface area contributed by atoms with Crippen molar-refractivity contribution >= 4 is 29.5 Å². The van der Waals surface area contributed by atoms with Crippen molar-refractivity contribution in [2.24, 2.45) is 0 Å². The maximum atomic E-state index is 11.6. The maximum absolute atomic E-state index is 11.6. The number of carbonyl (C=O) groups is 5. The van der Waals surface area contributed by atoms with Crippen molar-refractivity contribution in [2.45, 2.75) is 50.4 Å². The Morgan fingerprint density at radius 1 is 0.420 bits per heavy atom. The van der Waals surface area contributed by atoms with Crippen LogP contribution in [-0.4, -0.2) is 127 Å². The molecule has 15 heteroatoms. The van der Waals surface area contributed by atoms with Crippen LogP contribution in [0, 0.1) is 0 Å². The fourth-order valence-corrected chi connectivity index (χ4v) is 4.00. The first-order chi connectivity index (χ1) is 24.2. The lowest BCUT2D eigenvalue weighted by Crippen LogP contribution is -2.48. The third kappa shape index (κ3) is 25.8. The first-order valence-corrected chi connectivity index (χ1v) is 16.7. The molecule has 0 aliphatic heterocycles. The van der Waals surface area contributed by atoms with Gasteiger partial charge in [0, 0.05) is 65.8 Å². The summed E-state index contributed by atoms with van der Waals surface area (Å²) in [6, 6.07) is 0. The van der Waals surface area contributed by atoms with Crippen LogP contribution in [0.15, 0.2) is 63.3 Å². The lowest BCUT2D eigenvalue weighted by atomic mass is 10.1. The predicted molar refractivity (Wildman–Crippen MR) is 190 cm³/mol. The van der Waals surface area contributed by atoms with Crippen LogP contribution in [0.3, 0.4) is 0 Å². The van der Waals surface area contributed by atoms with Crippen LogP contribution in [0.25, 0.3) is 0 Å². The quantitative estimate of drug-likeness (QED) is 0.0469. The maximum Gasteiger partial charge on any atom is 0.243 e. The molecule has 3 atom stereocenters. The van der Waals surface area contributed by atoms with E-state index in [-0.39, 0.29) is 62.6 Å². The standard InChI is InChI=1S/C35H57N5O10/c1-6-30(41)36-16-11-21-46-26-28(48-23-13-18-38-32(43)8-3)35(50-25-15-20-40-34(45)10-5)29(49-24-14-19-39-33(44)9-4)27-47-22-12-17-37-31(42)7-2/h6-10,28-29,35H,1-5,11-27H2,(H,36,41)(H,37,42)(H,38,43)(H,39,44)(H,40,45)/t28-,29+,35-. The summed E-state index contributed by atoms with van der Waals surface area (Å²) in [6.45, 7) is 20.7. The first kappa shape index (κ1) is 45.9. The highest BCUT2D eigenvalue weighted by atomic mass is 16.6. The number of hydrogen-bond donors (Lipinski definition) is 5. The van der Waals surface area contributed by atoms with E-state index in [0.29, 0.717) is 78.0 Å². The lowest BCUT2D eigenvalue weighted by molar-refractivity contribution is -0.170. The van der Waals surface area contributed by atoms with Gasteiger partial charge in [-0.1, -0.05) is 32.9 Å². The van der Waals surface area contributed by atoms with Crippen LogP contribution in [0.2, 0.25) is 0 Å². The molecule has 0 fully saturated rings. The molecule has 0 aromatic carbocycles. The van der Waals surface area contributed by atoms with E-state index in [2.05, 4.69) is 59.5 Å². The smallest absolute Gasteiger partial charge is 0.243 e. The van der Waals surface area contributed by atoms with E-state index in [1.807, 2.05) is 0 Å². The van der Waals surface area contributed by atoms with E-state index < -0.39 is 18.3 Å². The Kier molecular flexibility index (Phi) is 29.4. The van der Waals surface area contributed by atoms with Gasteiger partial charge in [-0.05, 0) is 62.5 Å². The average Bonchev–Trinajstić information content (AvgIpc) is 3.13. The number of carbonyl (C=O) groups excluding carboxylic acids is 5. The second kappa shape index (κ2) is 32.1. The predicted octanol–water partition coefficient (Wildman–Crippen LogP) is 0.637. The summed E-state index contributed by atoms with van der Waals surface area (Å²) in [6.07, 6.45) is 6.47. The number of amides is 5. The number of ether oxygens (including phenoxy) is 5. The van der Waals surface area contributed by atoms with Gasteiger partial charge < -0.3 is 50.3 Å². The van der Waals surface area contributed by atoms with Gasteiger partial charge in [0.15, 0.2) is 0 Å². The Morgan fingerprint density at radius 3 is 0.960 bits per heavy atom. The lowest BCUT2D eigenvalue weighted by Gasteiger charge is -2.34. The van der Waals surface area contributed by atoms with Crippen molar-refractivity contribution < 1.29 is 47.7 Å². The van der Waals surface area contributed by atoms with Crippen LogP contribution in [0.1, 0.15) is 32.1 Å². The summed E-state index contributed by atoms with van der Waals surface area (Å²) < 4.78 is 30.9. The highest BCUT2D eigenvalue weighted by Gasteiger charge is 2.33. The van der Waals surface area contributed by atoms with Gasteiger partial charge in [0.1, 0.15) is 18.3 Å². The van der Waals surface area contributed by atoms with Crippen molar-refractivity contribution in [1.29, 1.82) is 0 Å². The fraction of sp³-hybridized carbons (Fsp3) is 0.571. The van der Waals surface area contributed by atoms with Gasteiger partial charge in [-0.15, -0.1) is 0 Å². The van der Waals surface area contributed by atoms with Gasteiger partial charge in [0.05, 0.1) is 13.2 Å². The van der Waals surface area contributed by atoms with Gasteiger partial charge in [-0.2, -0.15) is 0 Å². The van der Waals surface area contributed by atoms with E-state index in [4.69, 9.17) is 23.7 Å². The van der Waals surface area contributed by atoms with Crippen molar-refractivity contribution in [3.05, 3.63) is 63.3 Å². The van der Waals surface area contributed by atoms with Crippen LogP contribution < -0.4 is 26.6 Å². The number of nitrogens with one attached hydrogen (secondary N) is 5. The Morgan fingerprint density at radius 2 is 0.680 bits per heavy atom. The second-order valence-electron chi connectivity index (χ2n) is 10.5. The summed E-state index contributed by atoms with van der Waals surface area (Å²) in [5.74, 6) is -1.44. The molecule has 0 aromatic rings. The molecule has 5 amide bonds. The molecular weight excluding hydrogens is 650 g/mol. The summed E-state index contributed by atoms with van der Waals surface area (Å²) in [7, 11) is 0. The molecule has 0 radical (unpaired) electrons. The minimum atomic E-state index is -0.712. The Hall–Kier alpha value is -4.15. The molecule has 0 heterocycles. The normalized spacial score (nSPS) is 12.3. The Labute approximate surface area is 296 Å². The van der Waals surface area contributed by atoms with Gasteiger partial charge in [-0.3, -0.25) is 24.0 Å². The largest absolute Gasteiger partial charge is 0.379 e. The zero-order valence-electron chi connectivity index (χ0n) is 29.3. The van der Waals surface area contributed by atoms with Gasteiger partial charge in [-0.25, -0.2) is 0 Å². The molecule has 50 heavy (non-hydrogen) atoms. The van der Waals surface area contributed by atoms with Crippen molar-refractivity contribution in [1.82, 2.24) is 26.6 Å². The average molecular weight is 708 g/mol. The molecule has 5 N–H and O–H groups in total. The summed E-state index contributed by atoms with van der Waals surface area (Å²) in [4.78, 5) is 57.8. The van der Waals surface area contributed by atoms with Crippen LogP contribution in [0.4, 0.5) is 0 Å². The molecule has 282 valence electrons. The molecule has 0 spiro atoms. The number of hydrogen-bond acceptors (Lipinski definition) is 10. The van der Waals surface area contributed by atoms with E-state index in [9.17, 15) is 24.0 Å². The van der Waals surface area contributed by atoms with Gasteiger partial charge in [0.2, 0.25) is 29.5 Å². The SMILES string of the molecule is C=CC(=O)NCCCOC[C@H](OCCCNC(=O)C=C)[C@H](OCCCNC(=O)C=C)[C@@H](COCCCNC(=O)C=C)OCCCNC(=O)C=C. The topological polar surface area (TPSA) is 192 Å². The van der Waals surface area contributed by atoms with Gasteiger partial charge >= 0.3 is 0 Å². The van der Waals surface area contributed by atoms with Crippen LogP contribution in [0.5, 0.6) is 0 Å². The molecule has 0 aromatic heterocycles. The molecule has 0 bridgehead atoms. The Bertz CT molecular complexity index is 989. The van der Waals surface area contributed by atoms with E-state index in [0.717, 1.165) is 0 Å². The highest BCUT2D eigenvalue weighted by molar-refractivity contribution is 5.88.